The van der Waals surface area contributed by atoms with E-state index in [0.29, 0.717) is 21.0 Å². The molecule has 1 fully saturated rings. The zero-order valence-corrected chi connectivity index (χ0v) is 9.47. The summed E-state index contributed by atoms with van der Waals surface area (Å²) in [6, 6.07) is 3.63. The molecule has 1 aromatic rings. The van der Waals surface area contributed by atoms with E-state index in [1.54, 1.807) is 0 Å². The van der Waals surface area contributed by atoms with Crippen LogP contribution in [0.4, 0.5) is 0 Å². The van der Waals surface area contributed by atoms with E-state index in [-0.39, 0.29) is 0 Å². The second kappa shape index (κ2) is 3.51. The molecule has 4 heteroatoms. The molecule has 0 aliphatic heterocycles. The molecule has 0 nitrogen and oxygen atoms in total. The number of halogens is 4. The molecule has 0 aromatic heterocycles. The van der Waals surface area contributed by atoms with Gasteiger partial charge in [-0.3, -0.25) is 0 Å². The standard InChI is InChI=1S/C9H5Cl4/c10-6-3-5(6)4-1-7(11)9(13)8(12)2-4/h1-2,5H,3H2. The van der Waals surface area contributed by atoms with Gasteiger partial charge in [0.25, 0.3) is 0 Å². The molecule has 1 saturated carbocycles. The van der Waals surface area contributed by atoms with Crippen molar-refractivity contribution >= 4 is 46.4 Å². The Kier molecular flexibility index (Phi) is 2.68. The molecule has 1 aliphatic rings. The topological polar surface area (TPSA) is 0 Å². The highest BCUT2D eigenvalue weighted by Gasteiger charge is 2.38. The minimum absolute atomic E-state index is 0.314. The molecule has 13 heavy (non-hydrogen) atoms. The van der Waals surface area contributed by atoms with Crippen molar-refractivity contribution in [1.29, 1.82) is 0 Å². The van der Waals surface area contributed by atoms with Gasteiger partial charge in [0.2, 0.25) is 0 Å². The monoisotopic (exact) mass is 253 g/mol. The number of hydrogen-bond acceptors (Lipinski definition) is 0. The fourth-order valence-electron chi connectivity index (χ4n) is 1.21. The zero-order chi connectivity index (χ0) is 9.59. The lowest BCUT2D eigenvalue weighted by atomic mass is 10.1. The predicted molar refractivity (Wildman–Crippen MR) is 57.9 cm³/mol. The summed E-state index contributed by atoms with van der Waals surface area (Å²) in [6.07, 6.45) is 0.913. The van der Waals surface area contributed by atoms with Gasteiger partial charge in [-0.15, -0.1) is 11.6 Å². The first kappa shape index (κ1) is 9.92. The van der Waals surface area contributed by atoms with E-state index in [1.165, 1.54) is 0 Å². The second-order valence-corrected chi connectivity index (χ2v) is 4.68. The average molecular weight is 255 g/mol. The Morgan fingerprint density at radius 2 is 1.46 bits per heavy atom. The molecule has 1 unspecified atom stereocenters. The summed E-state index contributed by atoms with van der Waals surface area (Å²) in [5, 5.41) is 2.33. The van der Waals surface area contributed by atoms with E-state index in [2.05, 4.69) is 0 Å². The molecule has 0 heterocycles. The van der Waals surface area contributed by atoms with Crippen LogP contribution in [0.2, 0.25) is 15.1 Å². The number of benzene rings is 1. The van der Waals surface area contributed by atoms with Crippen molar-refractivity contribution < 1.29 is 0 Å². The summed E-state index contributed by atoms with van der Waals surface area (Å²) in [7, 11) is 0. The van der Waals surface area contributed by atoms with Crippen LogP contribution in [0.3, 0.4) is 0 Å². The molecule has 0 spiro atoms. The summed E-state index contributed by atoms with van der Waals surface area (Å²) in [5.41, 5.74) is 1.05. The number of rotatable bonds is 1. The predicted octanol–water partition coefficient (Wildman–Crippen LogP) is 4.90. The van der Waals surface area contributed by atoms with Crippen molar-refractivity contribution in [3.05, 3.63) is 38.1 Å². The smallest absolute Gasteiger partial charge is 0.0778 e. The van der Waals surface area contributed by atoms with Crippen LogP contribution in [0.15, 0.2) is 12.1 Å². The minimum atomic E-state index is 0.314. The van der Waals surface area contributed by atoms with Crippen LogP contribution in [0, 0.1) is 5.38 Å². The van der Waals surface area contributed by atoms with Gasteiger partial charge in [-0.1, -0.05) is 34.8 Å². The zero-order valence-electron chi connectivity index (χ0n) is 6.45. The highest BCUT2D eigenvalue weighted by atomic mass is 35.5. The SMILES string of the molecule is Cl[C]1CC1c1cc(Cl)c(Cl)c(Cl)c1. The maximum absolute atomic E-state index is 5.87. The van der Waals surface area contributed by atoms with Crippen LogP contribution in [-0.4, -0.2) is 0 Å². The molecule has 1 radical (unpaired) electrons. The molecule has 1 atom stereocenters. The Balaban J connectivity index is 2.39. The van der Waals surface area contributed by atoms with Crippen LogP contribution in [0.25, 0.3) is 0 Å². The normalized spacial score (nSPS) is 22.0. The lowest BCUT2D eigenvalue weighted by Gasteiger charge is -2.03. The van der Waals surface area contributed by atoms with Crippen molar-refractivity contribution in [3.8, 4) is 0 Å². The minimum Gasteiger partial charge on any atom is -0.117 e. The first-order valence-electron chi connectivity index (χ1n) is 3.75. The summed E-state index contributed by atoms with van der Waals surface area (Å²) in [4.78, 5) is 0. The summed E-state index contributed by atoms with van der Waals surface area (Å²) in [5.74, 6) is 0.314. The first-order valence-corrected chi connectivity index (χ1v) is 5.26. The van der Waals surface area contributed by atoms with E-state index in [9.17, 15) is 0 Å². The summed E-state index contributed by atoms with van der Waals surface area (Å²) in [6.45, 7) is 0. The lowest BCUT2D eigenvalue weighted by molar-refractivity contribution is 1.16. The van der Waals surface area contributed by atoms with Crippen LogP contribution in [0.1, 0.15) is 17.9 Å². The molecular weight excluding hydrogens is 250 g/mol. The lowest BCUT2D eigenvalue weighted by Crippen LogP contribution is -1.82. The Morgan fingerprint density at radius 3 is 1.85 bits per heavy atom. The van der Waals surface area contributed by atoms with Crippen LogP contribution in [0.5, 0.6) is 0 Å². The van der Waals surface area contributed by atoms with Gasteiger partial charge in [-0.25, -0.2) is 0 Å². The molecular formula is C9H5Cl4. The molecule has 0 amide bonds. The maximum Gasteiger partial charge on any atom is 0.0778 e. The Hall–Kier alpha value is 0.380. The van der Waals surface area contributed by atoms with Crippen LogP contribution >= 0.6 is 46.4 Å². The average Bonchev–Trinajstić information content (AvgIpc) is 2.77. The second-order valence-electron chi connectivity index (χ2n) is 3.00. The third kappa shape index (κ3) is 1.92. The first-order chi connectivity index (χ1) is 6.09. The van der Waals surface area contributed by atoms with Crippen LogP contribution < -0.4 is 0 Å². The van der Waals surface area contributed by atoms with E-state index in [0.717, 1.165) is 17.4 Å². The van der Waals surface area contributed by atoms with Gasteiger partial charge in [0.05, 0.1) is 20.4 Å². The Bertz CT molecular complexity index is 324. The van der Waals surface area contributed by atoms with Crippen molar-refractivity contribution in [2.45, 2.75) is 12.3 Å². The maximum atomic E-state index is 5.87. The summed E-state index contributed by atoms with van der Waals surface area (Å²) >= 11 is 23.4. The van der Waals surface area contributed by atoms with Crippen molar-refractivity contribution in [2.24, 2.45) is 0 Å². The largest absolute Gasteiger partial charge is 0.117 e. The van der Waals surface area contributed by atoms with Gasteiger partial charge >= 0.3 is 0 Å². The van der Waals surface area contributed by atoms with Gasteiger partial charge in [0, 0.05) is 5.92 Å². The highest BCUT2D eigenvalue weighted by Crippen LogP contribution is 2.53. The Morgan fingerprint density at radius 1 is 1.00 bits per heavy atom. The van der Waals surface area contributed by atoms with Crippen LogP contribution in [-0.2, 0) is 0 Å². The van der Waals surface area contributed by atoms with Crippen molar-refractivity contribution in [3.63, 3.8) is 0 Å². The fraction of sp³-hybridized carbons (Fsp3) is 0.222. The third-order valence-corrected chi connectivity index (χ3v) is 3.64. The quantitative estimate of drug-likeness (QED) is 0.625. The molecule has 1 aromatic carbocycles. The highest BCUT2D eigenvalue weighted by molar-refractivity contribution is 6.48. The van der Waals surface area contributed by atoms with Gasteiger partial charge in [0.1, 0.15) is 0 Å². The van der Waals surface area contributed by atoms with Gasteiger partial charge in [-0.2, -0.15) is 0 Å². The fourth-order valence-corrected chi connectivity index (χ4v) is 2.10. The van der Waals surface area contributed by atoms with E-state index >= 15 is 0 Å². The van der Waals surface area contributed by atoms with Gasteiger partial charge in [-0.05, 0) is 24.1 Å². The molecule has 2 rings (SSSR count). The molecule has 0 bridgehead atoms. The van der Waals surface area contributed by atoms with Crippen molar-refractivity contribution in [2.75, 3.05) is 0 Å². The van der Waals surface area contributed by atoms with E-state index < -0.39 is 0 Å². The third-order valence-electron chi connectivity index (χ3n) is 2.03. The van der Waals surface area contributed by atoms with E-state index in [1.807, 2.05) is 12.1 Å². The van der Waals surface area contributed by atoms with E-state index in [4.69, 9.17) is 46.4 Å². The molecule has 0 saturated heterocycles. The summed E-state index contributed by atoms with van der Waals surface area (Å²) < 4.78 is 0. The molecule has 0 N–H and O–H groups in total. The molecule has 69 valence electrons. The van der Waals surface area contributed by atoms with Gasteiger partial charge in [0.15, 0.2) is 0 Å². The van der Waals surface area contributed by atoms with Gasteiger partial charge < -0.3 is 0 Å². The number of hydrogen-bond donors (Lipinski definition) is 0. The Labute approximate surface area is 96.7 Å². The molecule has 1 aliphatic carbocycles. The van der Waals surface area contributed by atoms with Crippen molar-refractivity contribution in [1.82, 2.24) is 0 Å².